The molecule has 0 aliphatic carbocycles. The lowest BCUT2D eigenvalue weighted by atomic mass is 10.2. The fourth-order valence-electron chi connectivity index (χ4n) is 2.14. The number of amides is 2. The molecule has 7 heteroatoms. The van der Waals surface area contributed by atoms with Gasteiger partial charge in [0, 0.05) is 21.1 Å². The lowest BCUT2D eigenvalue weighted by Gasteiger charge is -2.04. The molecule has 5 nitrogen and oxygen atoms in total. The average Bonchev–Trinajstić information content (AvgIpc) is 3.02. The van der Waals surface area contributed by atoms with Crippen LogP contribution in [0.2, 0.25) is 0 Å². The van der Waals surface area contributed by atoms with Gasteiger partial charge in [0.05, 0.1) is 12.1 Å². The number of halogens is 1. The van der Waals surface area contributed by atoms with E-state index in [2.05, 4.69) is 31.5 Å². The minimum atomic E-state index is -0.222. The Morgan fingerprint density at radius 3 is 2.60 bits per heavy atom. The summed E-state index contributed by atoms with van der Waals surface area (Å²) < 4.78 is 0.893. The van der Waals surface area contributed by atoms with E-state index >= 15 is 0 Å². The number of aromatic nitrogens is 1. The molecule has 0 fully saturated rings. The highest BCUT2D eigenvalue weighted by Gasteiger charge is 2.11. The molecule has 2 amide bonds. The monoisotopic (exact) mass is 415 g/mol. The number of hydrogen-bond acceptors (Lipinski definition) is 4. The maximum atomic E-state index is 12.1. The normalized spacial score (nSPS) is 10.3. The maximum absolute atomic E-state index is 12.1. The molecular weight excluding hydrogens is 402 g/mol. The summed E-state index contributed by atoms with van der Waals surface area (Å²) in [5.41, 5.74) is 1.89. The summed E-state index contributed by atoms with van der Waals surface area (Å²) in [5, 5.41) is 7.79. The van der Waals surface area contributed by atoms with Gasteiger partial charge in [-0.05, 0) is 30.3 Å². The summed E-state index contributed by atoms with van der Waals surface area (Å²) in [7, 11) is 0. The number of nitrogens with one attached hydrogen (secondary N) is 2. The van der Waals surface area contributed by atoms with Crippen molar-refractivity contribution in [3.05, 3.63) is 75.7 Å². The van der Waals surface area contributed by atoms with Gasteiger partial charge in [-0.1, -0.05) is 40.2 Å². The number of thiazole rings is 1. The van der Waals surface area contributed by atoms with Gasteiger partial charge in [0.25, 0.3) is 5.91 Å². The summed E-state index contributed by atoms with van der Waals surface area (Å²) in [6.07, 6.45) is 0.143. The number of carbonyl (C=O) groups is 2. The second-order valence-corrected chi connectivity index (χ2v) is 6.97. The fourth-order valence-corrected chi connectivity index (χ4v) is 3.24. The zero-order valence-electron chi connectivity index (χ0n) is 13.0. The largest absolute Gasteiger partial charge is 0.326 e. The Bertz CT molecular complexity index is 896. The topological polar surface area (TPSA) is 71.1 Å². The average molecular weight is 416 g/mol. The Morgan fingerprint density at radius 2 is 1.84 bits per heavy atom. The van der Waals surface area contributed by atoms with Crippen LogP contribution in [0.25, 0.3) is 0 Å². The second kappa shape index (κ2) is 8.04. The van der Waals surface area contributed by atoms with Crippen molar-refractivity contribution in [3.8, 4) is 0 Å². The van der Waals surface area contributed by atoms with Gasteiger partial charge < -0.3 is 5.32 Å². The SMILES string of the molecule is O=C(Cc1csc(NC(=O)c2ccccc2)n1)Nc1cccc(Br)c1. The Morgan fingerprint density at radius 1 is 1.04 bits per heavy atom. The first-order valence-electron chi connectivity index (χ1n) is 7.46. The van der Waals surface area contributed by atoms with E-state index in [1.807, 2.05) is 30.3 Å². The van der Waals surface area contributed by atoms with Crippen LogP contribution >= 0.6 is 27.3 Å². The lowest BCUT2D eigenvalue weighted by molar-refractivity contribution is -0.115. The van der Waals surface area contributed by atoms with Crippen LogP contribution in [0.3, 0.4) is 0 Å². The van der Waals surface area contributed by atoms with Gasteiger partial charge in [0.15, 0.2) is 5.13 Å². The zero-order chi connectivity index (χ0) is 17.6. The van der Waals surface area contributed by atoms with Crippen LogP contribution in [0.1, 0.15) is 16.1 Å². The van der Waals surface area contributed by atoms with Crippen molar-refractivity contribution < 1.29 is 9.59 Å². The van der Waals surface area contributed by atoms with E-state index in [4.69, 9.17) is 0 Å². The maximum Gasteiger partial charge on any atom is 0.257 e. The predicted octanol–water partition coefficient (Wildman–Crippen LogP) is 4.34. The van der Waals surface area contributed by atoms with E-state index in [1.54, 1.807) is 29.6 Å². The van der Waals surface area contributed by atoms with E-state index in [-0.39, 0.29) is 18.2 Å². The van der Waals surface area contributed by atoms with Gasteiger partial charge >= 0.3 is 0 Å². The van der Waals surface area contributed by atoms with Crippen molar-refractivity contribution >= 4 is 49.9 Å². The Labute approximate surface area is 157 Å². The minimum Gasteiger partial charge on any atom is -0.326 e. The van der Waals surface area contributed by atoms with Crippen molar-refractivity contribution in [2.75, 3.05) is 10.6 Å². The first kappa shape index (κ1) is 17.3. The molecular formula is C18H14BrN3O2S. The van der Waals surface area contributed by atoms with Crippen LogP contribution in [0.15, 0.2) is 64.5 Å². The highest BCUT2D eigenvalue weighted by molar-refractivity contribution is 9.10. The number of hydrogen-bond donors (Lipinski definition) is 2. The van der Waals surface area contributed by atoms with Crippen molar-refractivity contribution in [2.45, 2.75) is 6.42 Å². The van der Waals surface area contributed by atoms with E-state index in [0.29, 0.717) is 22.1 Å². The molecule has 2 N–H and O–H groups in total. The molecule has 0 bridgehead atoms. The Hall–Kier alpha value is -2.51. The molecule has 0 saturated heterocycles. The molecule has 126 valence electrons. The first-order chi connectivity index (χ1) is 12.1. The van der Waals surface area contributed by atoms with E-state index in [9.17, 15) is 9.59 Å². The van der Waals surface area contributed by atoms with Gasteiger partial charge in [-0.2, -0.15) is 0 Å². The van der Waals surface area contributed by atoms with Crippen LogP contribution in [-0.2, 0) is 11.2 Å². The molecule has 0 aliphatic heterocycles. The smallest absolute Gasteiger partial charge is 0.257 e. The third kappa shape index (κ3) is 4.98. The van der Waals surface area contributed by atoms with E-state index in [1.165, 1.54) is 11.3 Å². The van der Waals surface area contributed by atoms with Gasteiger partial charge in [-0.15, -0.1) is 11.3 Å². The van der Waals surface area contributed by atoms with E-state index < -0.39 is 0 Å². The first-order valence-corrected chi connectivity index (χ1v) is 9.13. The summed E-state index contributed by atoms with van der Waals surface area (Å²) in [4.78, 5) is 28.5. The summed E-state index contributed by atoms with van der Waals surface area (Å²) in [6, 6.07) is 16.3. The van der Waals surface area contributed by atoms with Crippen LogP contribution in [0.5, 0.6) is 0 Å². The molecule has 0 spiro atoms. The third-order valence-electron chi connectivity index (χ3n) is 3.26. The molecule has 1 heterocycles. The molecule has 2 aromatic carbocycles. The summed E-state index contributed by atoms with van der Waals surface area (Å²) in [5.74, 6) is -0.385. The van der Waals surface area contributed by atoms with Gasteiger partial charge in [0.2, 0.25) is 5.91 Å². The molecule has 1 aromatic heterocycles. The summed E-state index contributed by atoms with van der Waals surface area (Å²) >= 11 is 4.65. The Balaban J connectivity index is 1.58. The summed E-state index contributed by atoms with van der Waals surface area (Å²) in [6.45, 7) is 0. The number of nitrogens with zero attached hydrogens (tertiary/aromatic N) is 1. The van der Waals surface area contributed by atoms with Gasteiger partial charge in [0.1, 0.15) is 0 Å². The molecule has 3 rings (SSSR count). The van der Waals surface area contributed by atoms with Crippen LogP contribution in [0, 0.1) is 0 Å². The fraction of sp³-hybridized carbons (Fsp3) is 0.0556. The third-order valence-corrected chi connectivity index (χ3v) is 4.56. The molecule has 0 atom stereocenters. The minimum absolute atomic E-state index is 0.143. The van der Waals surface area contributed by atoms with Crippen molar-refractivity contribution in [2.24, 2.45) is 0 Å². The van der Waals surface area contributed by atoms with Crippen molar-refractivity contribution in [1.29, 1.82) is 0 Å². The van der Waals surface area contributed by atoms with Crippen LogP contribution in [-0.4, -0.2) is 16.8 Å². The molecule has 0 aliphatic rings. The zero-order valence-corrected chi connectivity index (χ0v) is 15.4. The van der Waals surface area contributed by atoms with Crippen molar-refractivity contribution in [3.63, 3.8) is 0 Å². The molecule has 0 radical (unpaired) electrons. The Kier molecular flexibility index (Phi) is 5.57. The van der Waals surface area contributed by atoms with Crippen LogP contribution in [0.4, 0.5) is 10.8 Å². The highest BCUT2D eigenvalue weighted by Crippen LogP contribution is 2.19. The number of rotatable bonds is 5. The lowest BCUT2D eigenvalue weighted by Crippen LogP contribution is -2.15. The molecule has 0 saturated carbocycles. The number of carbonyl (C=O) groups excluding carboxylic acids is 2. The second-order valence-electron chi connectivity index (χ2n) is 5.20. The van der Waals surface area contributed by atoms with Gasteiger partial charge in [-0.25, -0.2) is 4.98 Å². The van der Waals surface area contributed by atoms with E-state index in [0.717, 1.165) is 4.47 Å². The predicted molar refractivity (Wildman–Crippen MR) is 103 cm³/mol. The molecule has 25 heavy (non-hydrogen) atoms. The van der Waals surface area contributed by atoms with Crippen LogP contribution < -0.4 is 10.6 Å². The molecule has 3 aromatic rings. The van der Waals surface area contributed by atoms with Gasteiger partial charge in [-0.3, -0.25) is 14.9 Å². The quantitative estimate of drug-likeness (QED) is 0.650. The number of anilines is 2. The standard InChI is InChI=1S/C18H14BrN3O2S/c19-13-7-4-8-14(9-13)20-16(23)10-15-11-25-18(21-15)22-17(24)12-5-2-1-3-6-12/h1-9,11H,10H2,(H,20,23)(H,21,22,24). The number of benzene rings is 2. The molecule has 0 unspecified atom stereocenters. The highest BCUT2D eigenvalue weighted by atomic mass is 79.9. The van der Waals surface area contributed by atoms with Crippen molar-refractivity contribution in [1.82, 2.24) is 4.98 Å².